The molecule has 174 valence electrons. The fourth-order valence-corrected chi connectivity index (χ4v) is 3.98. The van der Waals surface area contributed by atoms with Crippen molar-refractivity contribution in [1.82, 2.24) is 9.78 Å². The lowest BCUT2D eigenvalue weighted by Crippen LogP contribution is -2.14. The van der Waals surface area contributed by atoms with Crippen molar-refractivity contribution in [2.24, 2.45) is 0 Å². The van der Waals surface area contributed by atoms with E-state index in [9.17, 15) is 18.0 Å². The molecule has 35 heavy (non-hydrogen) atoms. The summed E-state index contributed by atoms with van der Waals surface area (Å²) in [5.74, 6) is -0.600. The first kappa shape index (κ1) is 22.4. The highest BCUT2D eigenvalue weighted by Gasteiger charge is 2.30. The van der Waals surface area contributed by atoms with Crippen molar-refractivity contribution in [2.45, 2.75) is 13.1 Å². The molecule has 5 aromatic rings. The maximum Gasteiger partial charge on any atom is 0.416 e. The van der Waals surface area contributed by atoms with E-state index in [4.69, 9.17) is 0 Å². The van der Waals surface area contributed by atoms with Crippen LogP contribution in [0.4, 0.5) is 18.9 Å². The van der Waals surface area contributed by atoms with Crippen LogP contribution in [-0.2, 0) is 6.18 Å². The number of aromatic nitrogens is 2. The highest BCUT2D eigenvalue weighted by atomic mass is 19.4. The quantitative estimate of drug-likeness (QED) is 0.300. The van der Waals surface area contributed by atoms with Crippen molar-refractivity contribution in [3.05, 3.63) is 114 Å². The summed E-state index contributed by atoms with van der Waals surface area (Å²) in [6.45, 7) is 1.98. The van der Waals surface area contributed by atoms with E-state index in [1.165, 1.54) is 12.1 Å². The van der Waals surface area contributed by atoms with E-state index in [0.717, 1.165) is 39.7 Å². The number of carbonyl (C=O) groups excluding carboxylic acids is 1. The van der Waals surface area contributed by atoms with Gasteiger partial charge in [-0.25, -0.2) is 4.68 Å². The van der Waals surface area contributed by atoms with Crippen LogP contribution in [0.2, 0.25) is 0 Å². The van der Waals surface area contributed by atoms with Crippen molar-refractivity contribution >= 4 is 22.4 Å². The SMILES string of the molecule is Cc1ccc(-n2nc(C(=O)Nc3cccc(C(F)(F)F)c3)cc2-c2cccc3ccccc23)cc1. The Balaban J connectivity index is 1.59. The summed E-state index contributed by atoms with van der Waals surface area (Å²) in [6, 6.07) is 27.7. The zero-order valence-electron chi connectivity index (χ0n) is 18.7. The minimum Gasteiger partial charge on any atom is -0.321 e. The second-order valence-electron chi connectivity index (χ2n) is 8.22. The van der Waals surface area contributed by atoms with E-state index in [1.54, 1.807) is 10.7 Å². The smallest absolute Gasteiger partial charge is 0.321 e. The van der Waals surface area contributed by atoms with Gasteiger partial charge in [-0.1, -0.05) is 66.2 Å². The van der Waals surface area contributed by atoms with Gasteiger partial charge in [0.2, 0.25) is 0 Å². The summed E-state index contributed by atoms with van der Waals surface area (Å²) in [7, 11) is 0. The number of benzene rings is 4. The average molecular weight is 471 g/mol. The van der Waals surface area contributed by atoms with Crippen molar-refractivity contribution < 1.29 is 18.0 Å². The van der Waals surface area contributed by atoms with Gasteiger partial charge >= 0.3 is 6.18 Å². The molecule has 0 radical (unpaired) electrons. The molecule has 1 heterocycles. The molecule has 0 bridgehead atoms. The Morgan fingerprint density at radius 3 is 2.34 bits per heavy atom. The zero-order valence-corrected chi connectivity index (χ0v) is 18.7. The highest BCUT2D eigenvalue weighted by molar-refractivity contribution is 6.04. The van der Waals surface area contributed by atoms with Gasteiger partial charge < -0.3 is 5.32 Å². The van der Waals surface area contributed by atoms with E-state index in [0.29, 0.717) is 5.69 Å². The maximum absolute atomic E-state index is 13.1. The molecule has 0 fully saturated rings. The molecule has 4 nitrogen and oxygen atoms in total. The topological polar surface area (TPSA) is 46.9 Å². The molecule has 1 amide bonds. The summed E-state index contributed by atoms with van der Waals surface area (Å²) in [6.07, 6.45) is -4.50. The maximum atomic E-state index is 13.1. The fourth-order valence-electron chi connectivity index (χ4n) is 3.98. The second kappa shape index (κ2) is 8.76. The molecule has 0 atom stereocenters. The first-order valence-electron chi connectivity index (χ1n) is 10.9. The van der Waals surface area contributed by atoms with Crippen LogP contribution in [0, 0.1) is 6.92 Å². The standard InChI is InChI=1S/C28H20F3N3O/c1-18-12-14-22(15-13-18)34-26(24-11-4-7-19-6-2-3-10-23(19)24)17-25(33-34)27(35)32-21-9-5-8-20(16-21)28(29,30)31/h2-17H,1H3,(H,32,35). The second-order valence-corrected chi connectivity index (χ2v) is 8.22. The zero-order chi connectivity index (χ0) is 24.6. The number of hydrogen-bond acceptors (Lipinski definition) is 2. The predicted octanol–water partition coefficient (Wildman–Crippen LogP) is 7.27. The van der Waals surface area contributed by atoms with Crippen LogP contribution in [0.3, 0.4) is 0 Å². The summed E-state index contributed by atoms with van der Waals surface area (Å²) >= 11 is 0. The Hall–Kier alpha value is -4.39. The minimum atomic E-state index is -4.50. The number of nitrogens with one attached hydrogen (secondary N) is 1. The van der Waals surface area contributed by atoms with Crippen LogP contribution in [0.1, 0.15) is 21.6 Å². The van der Waals surface area contributed by atoms with Gasteiger partial charge in [0.1, 0.15) is 0 Å². The fraction of sp³-hybridized carbons (Fsp3) is 0.0714. The third-order valence-electron chi connectivity index (χ3n) is 5.73. The van der Waals surface area contributed by atoms with E-state index in [1.807, 2.05) is 73.7 Å². The number of halogens is 3. The Labute approximate surface area is 199 Å². The number of aryl methyl sites for hydroxylation is 1. The lowest BCUT2D eigenvalue weighted by molar-refractivity contribution is -0.137. The predicted molar refractivity (Wildman–Crippen MR) is 131 cm³/mol. The third kappa shape index (κ3) is 4.53. The van der Waals surface area contributed by atoms with Crippen LogP contribution in [-0.4, -0.2) is 15.7 Å². The molecular formula is C28H20F3N3O. The van der Waals surface area contributed by atoms with Gasteiger partial charge in [-0.15, -0.1) is 0 Å². The largest absolute Gasteiger partial charge is 0.416 e. The Bertz CT molecular complexity index is 1530. The molecule has 0 saturated heterocycles. The number of anilines is 1. The first-order valence-corrected chi connectivity index (χ1v) is 10.9. The number of carbonyl (C=O) groups is 1. The minimum absolute atomic E-state index is 0.0430. The average Bonchev–Trinajstić information content (AvgIpc) is 3.29. The van der Waals surface area contributed by atoms with Gasteiger partial charge in [0.25, 0.3) is 5.91 Å². The molecule has 0 saturated carbocycles. The van der Waals surface area contributed by atoms with Crippen LogP contribution >= 0.6 is 0 Å². The van der Waals surface area contributed by atoms with Gasteiger partial charge in [-0.05, 0) is 54.1 Å². The molecular weight excluding hydrogens is 451 g/mol. The van der Waals surface area contributed by atoms with Crippen LogP contribution in [0.25, 0.3) is 27.7 Å². The van der Waals surface area contributed by atoms with Gasteiger partial charge in [0, 0.05) is 11.3 Å². The highest BCUT2D eigenvalue weighted by Crippen LogP contribution is 2.32. The van der Waals surface area contributed by atoms with Gasteiger partial charge in [-0.2, -0.15) is 18.3 Å². The Kier molecular flexibility index (Phi) is 5.61. The van der Waals surface area contributed by atoms with Gasteiger partial charge in [0.05, 0.1) is 16.9 Å². The van der Waals surface area contributed by atoms with Crippen molar-refractivity contribution in [1.29, 1.82) is 0 Å². The van der Waals surface area contributed by atoms with E-state index >= 15 is 0 Å². The molecule has 1 N–H and O–H groups in total. The number of fused-ring (bicyclic) bond motifs is 1. The van der Waals surface area contributed by atoms with Gasteiger partial charge in [-0.3, -0.25) is 4.79 Å². The Morgan fingerprint density at radius 2 is 1.57 bits per heavy atom. The van der Waals surface area contributed by atoms with Crippen LogP contribution < -0.4 is 5.32 Å². The number of hydrogen-bond donors (Lipinski definition) is 1. The summed E-state index contributed by atoms with van der Waals surface area (Å²) < 4.78 is 40.9. The Morgan fingerprint density at radius 1 is 0.857 bits per heavy atom. The molecule has 1 aromatic heterocycles. The number of nitrogens with zero attached hydrogens (tertiary/aromatic N) is 2. The molecule has 5 rings (SSSR count). The lowest BCUT2D eigenvalue weighted by atomic mass is 10.0. The summed E-state index contributed by atoms with van der Waals surface area (Å²) in [5, 5.41) is 9.12. The third-order valence-corrected chi connectivity index (χ3v) is 5.73. The summed E-state index contributed by atoms with van der Waals surface area (Å²) in [4.78, 5) is 13.1. The van der Waals surface area contributed by atoms with Crippen molar-refractivity contribution in [2.75, 3.05) is 5.32 Å². The first-order chi connectivity index (χ1) is 16.8. The number of amides is 1. The van der Waals surface area contributed by atoms with Gasteiger partial charge in [0.15, 0.2) is 5.69 Å². The van der Waals surface area contributed by atoms with E-state index in [-0.39, 0.29) is 11.4 Å². The van der Waals surface area contributed by atoms with E-state index < -0.39 is 17.6 Å². The van der Waals surface area contributed by atoms with Crippen molar-refractivity contribution in [3.8, 4) is 16.9 Å². The number of alkyl halides is 3. The normalized spacial score (nSPS) is 11.5. The molecule has 0 spiro atoms. The van der Waals surface area contributed by atoms with E-state index in [2.05, 4.69) is 10.4 Å². The lowest BCUT2D eigenvalue weighted by Gasteiger charge is -2.10. The molecule has 0 unspecified atom stereocenters. The van der Waals surface area contributed by atoms with Crippen LogP contribution in [0.5, 0.6) is 0 Å². The summed E-state index contributed by atoms with van der Waals surface area (Å²) in [5.41, 5.74) is 2.71. The molecule has 0 aliphatic heterocycles. The monoisotopic (exact) mass is 471 g/mol. The molecule has 0 aliphatic rings. The molecule has 7 heteroatoms. The van der Waals surface area contributed by atoms with Crippen LogP contribution in [0.15, 0.2) is 97.1 Å². The molecule has 0 aliphatic carbocycles. The molecule has 4 aromatic carbocycles. The van der Waals surface area contributed by atoms with Crippen molar-refractivity contribution in [3.63, 3.8) is 0 Å². The number of rotatable bonds is 4.